The van der Waals surface area contributed by atoms with Crippen molar-refractivity contribution < 1.29 is 19.0 Å². The van der Waals surface area contributed by atoms with Crippen molar-refractivity contribution in [2.75, 3.05) is 19.9 Å². The second kappa shape index (κ2) is 7.58. The molecule has 0 saturated heterocycles. The molecule has 1 unspecified atom stereocenters. The summed E-state index contributed by atoms with van der Waals surface area (Å²) >= 11 is 0. The first-order valence-electron chi connectivity index (χ1n) is 7.75. The molecule has 1 aromatic carbocycles. The van der Waals surface area contributed by atoms with Crippen molar-refractivity contribution in [1.29, 1.82) is 0 Å². The maximum Gasteiger partial charge on any atom is 0.315 e. The fourth-order valence-corrected chi connectivity index (χ4v) is 2.31. The van der Waals surface area contributed by atoms with Gasteiger partial charge in [-0.3, -0.25) is 4.68 Å². The molecule has 0 aliphatic carbocycles. The minimum Gasteiger partial charge on any atom is -0.492 e. The highest BCUT2D eigenvalue weighted by atomic mass is 16.7. The fraction of sp³-hybridized carbons (Fsp3) is 0.375. The van der Waals surface area contributed by atoms with Crippen LogP contribution in [0.4, 0.5) is 4.79 Å². The zero-order valence-corrected chi connectivity index (χ0v) is 13.4. The van der Waals surface area contributed by atoms with Gasteiger partial charge in [0.05, 0.1) is 13.1 Å². The number of benzene rings is 1. The van der Waals surface area contributed by atoms with E-state index in [4.69, 9.17) is 14.2 Å². The number of amides is 2. The van der Waals surface area contributed by atoms with Crippen molar-refractivity contribution in [1.82, 2.24) is 20.4 Å². The highest BCUT2D eigenvalue weighted by molar-refractivity contribution is 5.74. The van der Waals surface area contributed by atoms with Crippen LogP contribution in [0.5, 0.6) is 17.2 Å². The highest BCUT2D eigenvalue weighted by Crippen LogP contribution is 2.34. The third kappa shape index (κ3) is 4.31. The molecule has 0 bridgehead atoms. The summed E-state index contributed by atoms with van der Waals surface area (Å²) in [5.41, 5.74) is 0. The van der Waals surface area contributed by atoms with Gasteiger partial charge >= 0.3 is 6.03 Å². The third-order valence-corrected chi connectivity index (χ3v) is 3.40. The molecule has 2 N–H and O–H groups in total. The number of hydrogen-bond donors (Lipinski definition) is 2. The van der Waals surface area contributed by atoms with Gasteiger partial charge in [0.15, 0.2) is 11.5 Å². The number of aromatic nitrogens is 2. The molecule has 0 fully saturated rings. The molecule has 2 heterocycles. The van der Waals surface area contributed by atoms with Crippen LogP contribution >= 0.6 is 0 Å². The number of carbonyl (C=O) groups is 1. The maximum absolute atomic E-state index is 11.8. The predicted octanol–water partition coefficient (Wildman–Crippen LogP) is 1.38. The van der Waals surface area contributed by atoms with Gasteiger partial charge in [0.2, 0.25) is 6.79 Å². The minimum atomic E-state index is -0.232. The Hall–Kier alpha value is -2.90. The van der Waals surface area contributed by atoms with Crippen LogP contribution in [0, 0.1) is 0 Å². The van der Waals surface area contributed by atoms with Gasteiger partial charge in [-0.25, -0.2) is 4.79 Å². The van der Waals surface area contributed by atoms with E-state index in [1.807, 2.05) is 19.2 Å². The fourth-order valence-electron chi connectivity index (χ4n) is 2.31. The lowest BCUT2D eigenvalue weighted by Crippen LogP contribution is -2.43. The van der Waals surface area contributed by atoms with Crippen molar-refractivity contribution in [2.24, 2.45) is 0 Å². The number of rotatable bonds is 7. The SMILES string of the molecule is CC(Cn1cccn1)NC(=O)NCCOc1ccc2c(c1)OCO2. The zero-order valence-electron chi connectivity index (χ0n) is 13.4. The van der Waals surface area contributed by atoms with Crippen LogP contribution in [0.25, 0.3) is 0 Å². The maximum atomic E-state index is 11.8. The number of fused-ring (bicyclic) bond motifs is 1. The lowest BCUT2D eigenvalue weighted by Gasteiger charge is -2.15. The summed E-state index contributed by atoms with van der Waals surface area (Å²) in [5.74, 6) is 2.06. The topological polar surface area (TPSA) is 86.6 Å². The monoisotopic (exact) mass is 332 g/mol. The van der Waals surface area contributed by atoms with Crippen molar-refractivity contribution in [3.8, 4) is 17.2 Å². The Morgan fingerprint density at radius 1 is 1.42 bits per heavy atom. The second-order valence-corrected chi connectivity index (χ2v) is 5.39. The molecule has 3 rings (SSSR count). The van der Waals surface area contributed by atoms with E-state index < -0.39 is 0 Å². The molecule has 24 heavy (non-hydrogen) atoms. The summed E-state index contributed by atoms with van der Waals surface area (Å²) in [7, 11) is 0. The molecule has 0 radical (unpaired) electrons. The van der Waals surface area contributed by atoms with E-state index in [2.05, 4.69) is 15.7 Å². The molecule has 1 aromatic heterocycles. The van der Waals surface area contributed by atoms with E-state index in [0.29, 0.717) is 36.9 Å². The summed E-state index contributed by atoms with van der Waals surface area (Å²) in [6, 6.07) is 6.96. The van der Waals surface area contributed by atoms with E-state index in [-0.39, 0.29) is 18.9 Å². The smallest absolute Gasteiger partial charge is 0.315 e. The number of nitrogens with zero attached hydrogens (tertiary/aromatic N) is 2. The lowest BCUT2D eigenvalue weighted by molar-refractivity contribution is 0.173. The van der Waals surface area contributed by atoms with Gasteiger partial charge in [-0.2, -0.15) is 5.10 Å². The van der Waals surface area contributed by atoms with Gasteiger partial charge in [-0.1, -0.05) is 0 Å². The van der Waals surface area contributed by atoms with Gasteiger partial charge in [-0.15, -0.1) is 0 Å². The Bertz CT molecular complexity index is 675. The summed E-state index contributed by atoms with van der Waals surface area (Å²) < 4.78 is 17.9. The highest BCUT2D eigenvalue weighted by Gasteiger charge is 2.13. The number of urea groups is 1. The third-order valence-electron chi connectivity index (χ3n) is 3.40. The van der Waals surface area contributed by atoms with Gasteiger partial charge in [-0.05, 0) is 25.1 Å². The Kier molecular flexibility index (Phi) is 5.05. The molecular formula is C16H20N4O4. The van der Waals surface area contributed by atoms with Crippen LogP contribution in [-0.2, 0) is 6.54 Å². The summed E-state index contributed by atoms with van der Waals surface area (Å²) in [5, 5.41) is 9.71. The van der Waals surface area contributed by atoms with Gasteiger partial charge in [0.25, 0.3) is 0 Å². The van der Waals surface area contributed by atoms with Crippen LogP contribution in [0.3, 0.4) is 0 Å². The lowest BCUT2D eigenvalue weighted by atomic mass is 10.3. The van der Waals surface area contributed by atoms with Crippen molar-refractivity contribution in [3.63, 3.8) is 0 Å². The van der Waals surface area contributed by atoms with Crippen molar-refractivity contribution in [3.05, 3.63) is 36.7 Å². The van der Waals surface area contributed by atoms with Gasteiger partial charge < -0.3 is 24.8 Å². The van der Waals surface area contributed by atoms with Gasteiger partial charge in [0, 0.05) is 24.5 Å². The van der Waals surface area contributed by atoms with E-state index in [9.17, 15) is 4.79 Å². The van der Waals surface area contributed by atoms with E-state index in [1.165, 1.54) is 0 Å². The number of carbonyl (C=O) groups excluding carboxylic acids is 1. The molecule has 1 atom stereocenters. The van der Waals surface area contributed by atoms with E-state index in [1.54, 1.807) is 29.1 Å². The van der Waals surface area contributed by atoms with Crippen molar-refractivity contribution in [2.45, 2.75) is 19.5 Å². The Morgan fingerprint density at radius 3 is 3.12 bits per heavy atom. The van der Waals surface area contributed by atoms with Crippen LogP contribution in [-0.4, -0.2) is 41.8 Å². The van der Waals surface area contributed by atoms with Crippen LogP contribution in [0.15, 0.2) is 36.7 Å². The molecule has 1 aliphatic rings. The number of ether oxygens (including phenoxy) is 3. The Balaban J connectivity index is 1.33. The first kappa shape index (κ1) is 16.0. The molecule has 8 nitrogen and oxygen atoms in total. The van der Waals surface area contributed by atoms with E-state index >= 15 is 0 Å². The summed E-state index contributed by atoms with van der Waals surface area (Å²) in [6.45, 7) is 3.53. The molecule has 128 valence electrons. The number of hydrogen-bond acceptors (Lipinski definition) is 5. The second-order valence-electron chi connectivity index (χ2n) is 5.39. The van der Waals surface area contributed by atoms with Crippen molar-refractivity contribution >= 4 is 6.03 Å². The molecular weight excluding hydrogens is 312 g/mol. The summed E-state index contributed by atoms with van der Waals surface area (Å²) in [6.07, 6.45) is 3.57. The molecule has 1 aliphatic heterocycles. The average molecular weight is 332 g/mol. The summed E-state index contributed by atoms with van der Waals surface area (Å²) in [4.78, 5) is 11.8. The molecule has 0 spiro atoms. The van der Waals surface area contributed by atoms with E-state index in [0.717, 1.165) is 0 Å². The van der Waals surface area contributed by atoms with Gasteiger partial charge in [0.1, 0.15) is 12.4 Å². The predicted molar refractivity (Wildman–Crippen MR) is 86.3 cm³/mol. The normalized spacial score (nSPS) is 13.4. The quantitative estimate of drug-likeness (QED) is 0.748. The number of nitrogens with one attached hydrogen (secondary N) is 2. The first-order valence-corrected chi connectivity index (χ1v) is 7.75. The van der Waals surface area contributed by atoms with Crippen LogP contribution < -0.4 is 24.8 Å². The zero-order chi connectivity index (χ0) is 16.8. The Labute approximate surface area is 139 Å². The standard InChI is InChI=1S/C16H20N4O4/c1-12(10-20-7-2-5-18-20)19-16(21)17-6-8-22-13-3-4-14-15(9-13)24-11-23-14/h2-5,7,9,12H,6,8,10-11H2,1H3,(H2,17,19,21). The average Bonchev–Trinajstić information content (AvgIpc) is 3.22. The minimum absolute atomic E-state index is 0.0281. The Morgan fingerprint density at radius 2 is 2.29 bits per heavy atom. The first-order chi connectivity index (χ1) is 11.7. The largest absolute Gasteiger partial charge is 0.492 e. The molecule has 2 aromatic rings. The van der Waals surface area contributed by atoms with Crippen LogP contribution in [0.1, 0.15) is 6.92 Å². The molecule has 0 saturated carbocycles. The van der Waals surface area contributed by atoms with Crippen LogP contribution in [0.2, 0.25) is 0 Å². The molecule has 8 heteroatoms. The molecule has 2 amide bonds.